The summed E-state index contributed by atoms with van der Waals surface area (Å²) in [5.41, 5.74) is 3.13. The molecule has 0 saturated carbocycles. The highest BCUT2D eigenvalue weighted by Crippen LogP contribution is 2.33. The van der Waals surface area contributed by atoms with Crippen LogP contribution < -0.4 is 5.32 Å². The van der Waals surface area contributed by atoms with Crippen molar-refractivity contribution in [1.82, 2.24) is 14.6 Å². The molecule has 1 atom stereocenters. The van der Waals surface area contributed by atoms with Crippen LogP contribution >= 0.6 is 0 Å². The van der Waals surface area contributed by atoms with Gasteiger partial charge in [0.05, 0.1) is 24.2 Å². The lowest BCUT2D eigenvalue weighted by Crippen LogP contribution is -2.40. The molecular formula is C20H28N4O4S. The van der Waals surface area contributed by atoms with Gasteiger partial charge in [0.25, 0.3) is 0 Å². The number of hydrazone groups is 1. The fraction of sp³-hybridized carbons (Fsp3) is 0.600. The van der Waals surface area contributed by atoms with E-state index in [9.17, 15) is 13.2 Å². The van der Waals surface area contributed by atoms with Gasteiger partial charge < -0.3 is 10.1 Å². The number of carbonyl (C=O) groups is 1. The highest BCUT2D eigenvalue weighted by atomic mass is 32.2. The van der Waals surface area contributed by atoms with Crippen LogP contribution in [-0.4, -0.2) is 68.7 Å². The first-order chi connectivity index (χ1) is 13.9. The fourth-order valence-electron chi connectivity index (χ4n) is 4.12. The summed E-state index contributed by atoms with van der Waals surface area (Å²) in [4.78, 5) is 12.7. The molecule has 1 aliphatic carbocycles. The van der Waals surface area contributed by atoms with E-state index in [0.29, 0.717) is 44.2 Å². The highest BCUT2D eigenvalue weighted by Gasteiger charge is 2.30. The molecule has 1 saturated heterocycles. The minimum absolute atomic E-state index is 0.0240. The zero-order chi connectivity index (χ0) is 20.4. The van der Waals surface area contributed by atoms with Crippen molar-refractivity contribution in [2.75, 3.05) is 39.4 Å². The molecule has 1 N–H and O–H groups in total. The molecule has 1 amide bonds. The molecule has 4 rings (SSSR count). The molecule has 2 heterocycles. The number of fused-ring (bicyclic) bond motifs is 1. The molecule has 29 heavy (non-hydrogen) atoms. The SMILES string of the molecule is CC1=NN(CCC(=O)N[C@H]2CCc3ccc(S(=O)(=O)N4CCOCC4)cc32)CC1. The molecule has 3 aliphatic rings. The Labute approximate surface area is 171 Å². The van der Waals surface area contributed by atoms with Crippen LogP contribution in [0.2, 0.25) is 0 Å². The molecule has 0 aromatic heterocycles. The predicted octanol–water partition coefficient (Wildman–Crippen LogP) is 1.28. The van der Waals surface area contributed by atoms with Crippen LogP contribution in [0, 0.1) is 0 Å². The number of aryl methyl sites for hydroxylation is 1. The Morgan fingerprint density at radius 1 is 1.24 bits per heavy atom. The van der Waals surface area contributed by atoms with Crippen molar-refractivity contribution in [2.45, 2.75) is 43.5 Å². The normalized spacial score (nSPS) is 22.4. The number of nitrogens with one attached hydrogen (secondary N) is 1. The van der Waals surface area contributed by atoms with Crippen molar-refractivity contribution in [1.29, 1.82) is 0 Å². The summed E-state index contributed by atoms with van der Waals surface area (Å²) in [6.45, 7) is 5.06. The van der Waals surface area contributed by atoms with Crippen molar-refractivity contribution in [3.63, 3.8) is 0 Å². The van der Waals surface area contributed by atoms with Crippen molar-refractivity contribution < 1.29 is 17.9 Å². The number of ether oxygens (including phenoxy) is 1. The van der Waals surface area contributed by atoms with Crippen LogP contribution in [0.5, 0.6) is 0 Å². The third-order valence-corrected chi connectivity index (χ3v) is 7.67. The maximum Gasteiger partial charge on any atom is 0.243 e. The van der Waals surface area contributed by atoms with E-state index in [-0.39, 0.29) is 11.9 Å². The van der Waals surface area contributed by atoms with Crippen molar-refractivity contribution in [3.8, 4) is 0 Å². The van der Waals surface area contributed by atoms with Gasteiger partial charge in [0.2, 0.25) is 15.9 Å². The van der Waals surface area contributed by atoms with E-state index in [1.807, 2.05) is 18.0 Å². The third-order valence-electron chi connectivity index (χ3n) is 5.78. The molecule has 2 aliphatic heterocycles. The number of rotatable bonds is 6. The number of hydrogen-bond acceptors (Lipinski definition) is 6. The smallest absolute Gasteiger partial charge is 0.243 e. The molecule has 0 radical (unpaired) electrons. The van der Waals surface area contributed by atoms with Gasteiger partial charge >= 0.3 is 0 Å². The molecule has 1 fully saturated rings. The van der Waals surface area contributed by atoms with Crippen molar-refractivity contribution in [3.05, 3.63) is 29.3 Å². The Hall–Kier alpha value is -1.97. The van der Waals surface area contributed by atoms with E-state index in [1.165, 1.54) is 4.31 Å². The van der Waals surface area contributed by atoms with E-state index in [0.717, 1.165) is 42.6 Å². The number of benzene rings is 1. The van der Waals surface area contributed by atoms with Gasteiger partial charge in [-0.2, -0.15) is 9.41 Å². The van der Waals surface area contributed by atoms with Gasteiger partial charge in [0.1, 0.15) is 0 Å². The first-order valence-electron chi connectivity index (χ1n) is 10.2. The van der Waals surface area contributed by atoms with Crippen LogP contribution in [0.4, 0.5) is 0 Å². The van der Waals surface area contributed by atoms with Gasteiger partial charge in [-0.3, -0.25) is 9.80 Å². The first kappa shape index (κ1) is 20.3. The van der Waals surface area contributed by atoms with E-state index in [4.69, 9.17) is 4.74 Å². The van der Waals surface area contributed by atoms with Gasteiger partial charge in [0, 0.05) is 44.7 Å². The van der Waals surface area contributed by atoms with Crippen LogP contribution in [0.15, 0.2) is 28.2 Å². The number of nitrogens with zero attached hydrogens (tertiary/aromatic N) is 3. The molecule has 0 spiro atoms. The predicted molar refractivity (Wildman–Crippen MR) is 109 cm³/mol. The molecule has 8 nitrogen and oxygen atoms in total. The molecule has 1 aromatic rings. The van der Waals surface area contributed by atoms with Gasteiger partial charge in [-0.25, -0.2) is 8.42 Å². The Morgan fingerprint density at radius 3 is 2.76 bits per heavy atom. The molecule has 1 aromatic carbocycles. The summed E-state index contributed by atoms with van der Waals surface area (Å²) in [5, 5.41) is 9.42. The lowest BCUT2D eigenvalue weighted by atomic mass is 10.1. The van der Waals surface area contributed by atoms with Crippen LogP contribution in [-0.2, 0) is 26.0 Å². The summed E-state index contributed by atoms with van der Waals surface area (Å²) in [7, 11) is -3.54. The number of carbonyl (C=O) groups excluding carboxylic acids is 1. The van der Waals surface area contributed by atoms with Crippen molar-refractivity contribution in [2.24, 2.45) is 5.10 Å². The molecule has 0 bridgehead atoms. The number of morpholine rings is 1. The highest BCUT2D eigenvalue weighted by molar-refractivity contribution is 7.89. The molecular weight excluding hydrogens is 392 g/mol. The summed E-state index contributed by atoms with van der Waals surface area (Å²) < 4.78 is 32.7. The van der Waals surface area contributed by atoms with E-state index < -0.39 is 10.0 Å². The Balaban J connectivity index is 1.42. The summed E-state index contributed by atoms with van der Waals surface area (Å²) >= 11 is 0. The molecule has 158 valence electrons. The van der Waals surface area contributed by atoms with Crippen LogP contribution in [0.25, 0.3) is 0 Å². The minimum atomic E-state index is -3.54. The lowest BCUT2D eigenvalue weighted by molar-refractivity contribution is -0.122. The average molecular weight is 421 g/mol. The van der Waals surface area contributed by atoms with Crippen LogP contribution in [0.1, 0.15) is 43.4 Å². The standard InChI is InChI=1S/C20H28N4O4S/c1-15-6-8-23(22-15)9-7-20(25)21-19-5-3-16-2-4-17(14-18(16)19)29(26,27)24-10-12-28-13-11-24/h2,4,14,19H,3,5-13H2,1H3,(H,21,25)/t19-/m0/s1. The Kier molecular flexibility index (Phi) is 5.89. The van der Waals surface area contributed by atoms with Gasteiger partial charge in [-0.05, 0) is 43.0 Å². The quantitative estimate of drug-likeness (QED) is 0.749. The van der Waals surface area contributed by atoms with Crippen LogP contribution in [0.3, 0.4) is 0 Å². The van der Waals surface area contributed by atoms with Gasteiger partial charge in [-0.1, -0.05) is 6.07 Å². The summed E-state index contributed by atoms with van der Waals surface area (Å²) in [6.07, 6.45) is 2.98. The second-order valence-electron chi connectivity index (χ2n) is 7.82. The maximum atomic E-state index is 13.0. The first-order valence-corrected chi connectivity index (χ1v) is 11.7. The number of hydrogen-bond donors (Lipinski definition) is 1. The lowest BCUT2D eigenvalue weighted by Gasteiger charge is -2.26. The zero-order valence-corrected chi connectivity index (χ0v) is 17.6. The maximum absolute atomic E-state index is 13.0. The Bertz CT molecular complexity index is 909. The summed E-state index contributed by atoms with van der Waals surface area (Å²) in [5.74, 6) is -0.0240. The van der Waals surface area contributed by atoms with E-state index in [1.54, 1.807) is 12.1 Å². The fourth-order valence-corrected chi connectivity index (χ4v) is 5.56. The second kappa shape index (κ2) is 8.41. The van der Waals surface area contributed by atoms with E-state index in [2.05, 4.69) is 10.4 Å². The molecule has 9 heteroatoms. The van der Waals surface area contributed by atoms with Gasteiger partial charge in [0.15, 0.2) is 0 Å². The van der Waals surface area contributed by atoms with Gasteiger partial charge in [-0.15, -0.1) is 0 Å². The van der Waals surface area contributed by atoms with Crippen molar-refractivity contribution >= 4 is 21.6 Å². The number of amides is 1. The topological polar surface area (TPSA) is 91.3 Å². The monoisotopic (exact) mass is 420 g/mol. The zero-order valence-electron chi connectivity index (χ0n) is 16.8. The average Bonchev–Trinajstić information content (AvgIpc) is 3.33. The molecule has 0 unspecified atom stereocenters. The number of sulfonamides is 1. The largest absolute Gasteiger partial charge is 0.379 e. The minimum Gasteiger partial charge on any atom is -0.379 e. The second-order valence-corrected chi connectivity index (χ2v) is 9.76. The third kappa shape index (κ3) is 4.46. The summed E-state index contributed by atoms with van der Waals surface area (Å²) in [6, 6.07) is 5.17. The Morgan fingerprint density at radius 2 is 2.03 bits per heavy atom. The van der Waals surface area contributed by atoms with E-state index >= 15 is 0 Å².